The molecule has 0 bridgehead atoms. The molecule has 0 aromatic heterocycles. The van der Waals surface area contributed by atoms with E-state index >= 15 is 0 Å². The third-order valence-electron chi connectivity index (χ3n) is 5.50. The van der Waals surface area contributed by atoms with Crippen LogP contribution in [0.15, 0.2) is 0 Å². The van der Waals surface area contributed by atoms with Crippen molar-refractivity contribution in [3.8, 4) is 0 Å². The van der Waals surface area contributed by atoms with E-state index in [4.69, 9.17) is 4.74 Å². The Balaban J connectivity index is 1.67. The summed E-state index contributed by atoms with van der Waals surface area (Å²) in [5.41, 5.74) is 0. The maximum Gasteiger partial charge on any atom is 0.0867 e. The van der Waals surface area contributed by atoms with Crippen molar-refractivity contribution in [1.29, 1.82) is 0 Å². The molecule has 5 N–H and O–H groups in total. The lowest BCUT2D eigenvalue weighted by atomic mass is 9.72. The highest BCUT2D eigenvalue weighted by atomic mass is 16.5. The van der Waals surface area contributed by atoms with Gasteiger partial charge in [-0.2, -0.15) is 0 Å². The Hall–Kier alpha value is -0.240. The van der Waals surface area contributed by atoms with Crippen LogP contribution in [0.3, 0.4) is 0 Å². The first kappa shape index (κ1) is 15.6. The fourth-order valence-corrected chi connectivity index (χ4v) is 4.30. The molecule has 0 radical (unpaired) electrons. The molecule has 1 saturated heterocycles. The van der Waals surface area contributed by atoms with Crippen molar-refractivity contribution in [2.75, 3.05) is 0 Å². The molecule has 0 amide bonds. The van der Waals surface area contributed by atoms with Crippen molar-refractivity contribution in [1.82, 2.24) is 0 Å². The summed E-state index contributed by atoms with van der Waals surface area (Å²) in [6, 6.07) is 0. The summed E-state index contributed by atoms with van der Waals surface area (Å²) in [6.07, 6.45) is -0.976. The van der Waals surface area contributed by atoms with Gasteiger partial charge in [-0.25, -0.2) is 0 Å². The molecular weight excluding hydrogens is 276 g/mol. The molecule has 7 unspecified atom stereocenters. The first-order valence-electron chi connectivity index (χ1n) is 8.01. The zero-order valence-corrected chi connectivity index (χ0v) is 12.1. The van der Waals surface area contributed by atoms with Crippen LogP contribution in [0.25, 0.3) is 0 Å². The van der Waals surface area contributed by atoms with Gasteiger partial charge in [-0.15, -0.1) is 0 Å². The second kappa shape index (κ2) is 6.10. The summed E-state index contributed by atoms with van der Waals surface area (Å²) in [5.74, 6) is -0.116. The van der Waals surface area contributed by atoms with Crippen LogP contribution < -0.4 is 0 Å². The minimum absolute atomic E-state index is 0.00978. The molecule has 1 aliphatic heterocycles. The molecule has 2 aliphatic carbocycles. The van der Waals surface area contributed by atoms with E-state index in [9.17, 15) is 25.5 Å². The molecule has 6 nitrogen and oxygen atoms in total. The van der Waals surface area contributed by atoms with E-state index in [0.29, 0.717) is 38.5 Å². The standard InChI is InChI=1S/C15H26O6/c16-8-4-11(18)9-6-13(20)15(21-14(9)5-8)7-1-2-10(17)12(19)3-7/h7-20H,1-6H2/t7?,8?,9?,10?,11?,12?,13-,14?,15-/m1/s1. The van der Waals surface area contributed by atoms with E-state index < -0.39 is 30.5 Å². The van der Waals surface area contributed by atoms with Crippen LogP contribution in [0.4, 0.5) is 0 Å². The number of fused-ring (bicyclic) bond motifs is 1. The van der Waals surface area contributed by atoms with Crippen molar-refractivity contribution in [3.63, 3.8) is 0 Å². The molecule has 3 aliphatic rings. The fraction of sp³-hybridized carbons (Fsp3) is 1.00. The van der Waals surface area contributed by atoms with E-state index in [-0.39, 0.29) is 24.0 Å². The zero-order valence-electron chi connectivity index (χ0n) is 12.1. The molecule has 0 aromatic carbocycles. The monoisotopic (exact) mass is 302 g/mol. The molecule has 3 fully saturated rings. The predicted molar refractivity (Wildman–Crippen MR) is 73.4 cm³/mol. The van der Waals surface area contributed by atoms with Crippen molar-refractivity contribution in [2.24, 2.45) is 11.8 Å². The zero-order chi connectivity index (χ0) is 15.1. The molecule has 1 heterocycles. The van der Waals surface area contributed by atoms with E-state index in [2.05, 4.69) is 0 Å². The van der Waals surface area contributed by atoms with Gasteiger partial charge in [-0.1, -0.05) is 0 Å². The molecule has 3 rings (SSSR count). The molecule has 0 spiro atoms. The van der Waals surface area contributed by atoms with Crippen molar-refractivity contribution < 1.29 is 30.3 Å². The average molecular weight is 302 g/mol. The smallest absolute Gasteiger partial charge is 0.0867 e. The molecule has 2 saturated carbocycles. The van der Waals surface area contributed by atoms with Crippen LogP contribution in [0, 0.1) is 11.8 Å². The summed E-state index contributed by atoms with van der Waals surface area (Å²) in [7, 11) is 0. The van der Waals surface area contributed by atoms with Gasteiger partial charge in [0.15, 0.2) is 0 Å². The van der Waals surface area contributed by atoms with Crippen LogP contribution >= 0.6 is 0 Å². The Labute approximate surface area is 124 Å². The Morgan fingerprint density at radius 2 is 1.43 bits per heavy atom. The van der Waals surface area contributed by atoms with Gasteiger partial charge >= 0.3 is 0 Å². The summed E-state index contributed by atoms with van der Waals surface area (Å²) in [5, 5.41) is 49.6. The third kappa shape index (κ3) is 3.11. The number of hydrogen-bond acceptors (Lipinski definition) is 6. The van der Waals surface area contributed by atoms with E-state index in [1.807, 2.05) is 0 Å². The van der Waals surface area contributed by atoms with Crippen molar-refractivity contribution >= 4 is 0 Å². The number of aliphatic hydroxyl groups excluding tert-OH is 5. The second-order valence-corrected chi connectivity index (χ2v) is 7.01. The predicted octanol–water partition coefficient (Wildman–Crippen LogP) is -0.842. The van der Waals surface area contributed by atoms with Gasteiger partial charge in [-0.3, -0.25) is 0 Å². The Kier molecular flexibility index (Phi) is 4.55. The SMILES string of the molecule is OC1CC(O)C2C[C@@H](O)[C@@H](C3CCC(O)C(O)C3)OC2C1. The second-order valence-electron chi connectivity index (χ2n) is 7.01. The van der Waals surface area contributed by atoms with Crippen LogP contribution in [0.1, 0.15) is 38.5 Å². The lowest BCUT2D eigenvalue weighted by Crippen LogP contribution is -2.55. The Morgan fingerprint density at radius 1 is 0.667 bits per heavy atom. The molecule has 6 heteroatoms. The topological polar surface area (TPSA) is 110 Å². The Morgan fingerprint density at radius 3 is 2.14 bits per heavy atom. The van der Waals surface area contributed by atoms with Gasteiger partial charge in [0, 0.05) is 5.92 Å². The van der Waals surface area contributed by atoms with Gasteiger partial charge in [-0.05, 0) is 44.4 Å². The molecule has 0 aromatic rings. The lowest BCUT2D eigenvalue weighted by molar-refractivity contribution is -0.215. The summed E-state index contributed by atoms with van der Waals surface area (Å²) in [6.45, 7) is 0. The minimum Gasteiger partial charge on any atom is -0.393 e. The highest BCUT2D eigenvalue weighted by Gasteiger charge is 2.47. The van der Waals surface area contributed by atoms with Gasteiger partial charge in [0.2, 0.25) is 0 Å². The van der Waals surface area contributed by atoms with Crippen LogP contribution in [0.2, 0.25) is 0 Å². The normalized spacial score (nSPS) is 55.0. The Bertz CT molecular complexity index is 364. The molecular formula is C15H26O6. The number of rotatable bonds is 1. The maximum atomic E-state index is 10.4. The maximum absolute atomic E-state index is 10.4. The minimum atomic E-state index is -0.764. The van der Waals surface area contributed by atoms with Crippen molar-refractivity contribution in [2.45, 2.75) is 81.3 Å². The number of aliphatic hydroxyl groups is 5. The molecule has 9 atom stereocenters. The number of hydrogen-bond donors (Lipinski definition) is 5. The first-order valence-corrected chi connectivity index (χ1v) is 8.01. The van der Waals surface area contributed by atoms with Crippen LogP contribution in [0.5, 0.6) is 0 Å². The lowest BCUT2D eigenvalue weighted by Gasteiger charge is -2.48. The molecule has 21 heavy (non-hydrogen) atoms. The highest BCUT2D eigenvalue weighted by Crippen LogP contribution is 2.41. The largest absolute Gasteiger partial charge is 0.393 e. The summed E-state index contributed by atoms with van der Waals surface area (Å²) < 4.78 is 6.00. The highest BCUT2D eigenvalue weighted by molar-refractivity contribution is 4.97. The van der Waals surface area contributed by atoms with Gasteiger partial charge in [0.25, 0.3) is 0 Å². The van der Waals surface area contributed by atoms with Crippen molar-refractivity contribution in [3.05, 3.63) is 0 Å². The van der Waals surface area contributed by atoms with E-state index in [0.717, 1.165) is 0 Å². The average Bonchev–Trinajstić information content (AvgIpc) is 2.42. The third-order valence-corrected chi connectivity index (χ3v) is 5.50. The quantitative estimate of drug-likeness (QED) is 0.432. The fourth-order valence-electron chi connectivity index (χ4n) is 4.30. The summed E-state index contributed by atoms with van der Waals surface area (Å²) in [4.78, 5) is 0. The van der Waals surface area contributed by atoms with Gasteiger partial charge < -0.3 is 30.3 Å². The van der Waals surface area contributed by atoms with Crippen LogP contribution in [-0.2, 0) is 4.74 Å². The van der Waals surface area contributed by atoms with E-state index in [1.165, 1.54) is 0 Å². The summed E-state index contributed by atoms with van der Waals surface area (Å²) >= 11 is 0. The number of ether oxygens (including phenoxy) is 1. The van der Waals surface area contributed by atoms with Crippen LogP contribution in [-0.4, -0.2) is 68.3 Å². The van der Waals surface area contributed by atoms with E-state index in [1.54, 1.807) is 0 Å². The first-order chi connectivity index (χ1) is 9.95. The molecule has 122 valence electrons. The van der Waals surface area contributed by atoms with Gasteiger partial charge in [0.05, 0.1) is 42.7 Å². The van der Waals surface area contributed by atoms with Gasteiger partial charge in [0.1, 0.15) is 0 Å².